The Balaban J connectivity index is 1.82. The molecular weight excluding hydrogens is 385 g/mol. The predicted molar refractivity (Wildman–Crippen MR) is 100 cm³/mol. The lowest BCUT2D eigenvalue weighted by molar-refractivity contribution is -0.115. The van der Waals surface area contributed by atoms with Crippen LogP contribution < -0.4 is 16.2 Å². The summed E-state index contributed by atoms with van der Waals surface area (Å²) >= 11 is 16.6. The number of carbonyl (C=O) groups excluding carboxylic acids is 2. The van der Waals surface area contributed by atoms with E-state index in [1.165, 1.54) is 30.4 Å². The van der Waals surface area contributed by atoms with Gasteiger partial charge in [-0.25, -0.2) is 0 Å². The van der Waals surface area contributed by atoms with Gasteiger partial charge in [0.25, 0.3) is 5.91 Å². The molecule has 0 fully saturated rings. The van der Waals surface area contributed by atoms with Gasteiger partial charge in [0.15, 0.2) is 5.11 Å². The van der Waals surface area contributed by atoms with Crippen molar-refractivity contribution in [2.45, 2.75) is 6.92 Å². The molecule has 2 amide bonds. The molecule has 0 radical (unpaired) electrons. The van der Waals surface area contributed by atoms with Gasteiger partial charge in [0.2, 0.25) is 5.91 Å². The van der Waals surface area contributed by atoms with Gasteiger partial charge in [0.05, 0.1) is 10.6 Å². The van der Waals surface area contributed by atoms with Gasteiger partial charge in [-0.1, -0.05) is 23.2 Å². The van der Waals surface area contributed by atoms with Gasteiger partial charge in [-0.3, -0.25) is 25.8 Å². The Labute approximate surface area is 159 Å². The summed E-state index contributed by atoms with van der Waals surface area (Å²) in [6.45, 7) is 1.80. The standard InChI is InChI=1S/C16H13Cl2N3O3S/c1-9-2-4-11(24-9)5-7-14(22)19-16(25)21-20-15(23)12-6-3-10(17)8-13(12)18/h2-8H,1H3,(H,20,23)(H2,19,21,22,25). The van der Waals surface area contributed by atoms with Gasteiger partial charge >= 0.3 is 0 Å². The first-order valence-electron chi connectivity index (χ1n) is 6.96. The summed E-state index contributed by atoms with van der Waals surface area (Å²) in [4.78, 5) is 23.7. The van der Waals surface area contributed by atoms with Crippen LogP contribution in [0.15, 0.2) is 40.8 Å². The second-order valence-electron chi connectivity index (χ2n) is 4.80. The minimum absolute atomic E-state index is 0.0799. The Hall–Kier alpha value is -2.35. The predicted octanol–water partition coefficient (Wildman–Crippen LogP) is 3.24. The summed E-state index contributed by atoms with van der Waals surface area (Å²) in [6, 6.07) is 7.95. The molecule has 6 nitrogen and oxygen atoms in total. The molecule has 0 aliphatic heterocycles. The maximum atomic E-state index is 12.0. The number of benzene rings is 1. The number of aryl methyl sites for hydroxylation is 1. The van der Waals surface area contributed by atoms with Gasteiger partial charge in [-0.05, 0) is 55.5 Å². The molecule has 0 saturated heterocycles. The molecule has 0 aliphatic carbocycles. The quantitative estimate of drug-likeness (QED) is 0.420. The van der Waals surface area contributed by atoms with Gasteiger partial charge in [0, 0.05) is 11.1 Å². The first-order valence-corrected chi connectivity index (χ1v) is 8.12. The van der Waals surface area contributed by atoms with Crippen molar-refractivity contribution in [3.05, 3.63) is 63.5 Å². The summed E-state index contributed by atoms with van der Waals surface area (Å²) in [5, 5.41) is 2.90. The first kappa shape index (κ1) is 19.0. The fourth-order valence-corrected chi connectivity index (χ4v) is 2.39. The summed E-state index contributed by atoms with van der Waals surface area (Å²) < 4.78 is 5.29. The van der Waals surface area contributed by atoms with Crippen LogP contribution in [0, 0.1) is 6.92 Å². The minimum atomic E-state index is -0.528. The van der Waals surface area contributed by atoms with E-state index in [4.69, 9.17) is 39.8 Å². The smallest absolute Gasteiger partial charge is 0.271 e. The topological polar surface area (TPSA) is 83.4 Å². The molecule has 1 heterocycles. The van der Waals surface area contributed by atoms with Crippen LogP contribution in [-0.4, -0.2) is 16.9 Å². The molecule has 0 saturated carbocycles. The van der Waals surface area contributed by atoms with E-state index in [0.29, 0.717) is 10.8 Å². The Morgan fingerprint density at radius 3 is 2.56 bits per heavy atom. The molecule has 130 valence electrons. The van der Waals surface area contributed by atoms with E-state index in [9.17, 15) is 9.59 Å². The van der Waals surface area contributed by atoms with Crippen LogP contribution in [0.2, 0.25) is 10.0 Å². The third-order valence-electron chi connectivity index (χ3n) is 2.86. The lowest BCUT2D eigenvalue weighted by Gasteiger charge is -2.10. The number of nitrogens with one attached hydrogen (secondary N) is 3. The van der Waals surface area contributed by atoms with Crippen molar-refractivity contribution in [3.8, 4) is 0 Å². The Morgan fingerprint density at radius 2 is 1.92 bits per heavy atom. The van der Waals surface area contributed by atoms with Crippen LogP contribution in [0.25, 0.3) is 6.08 Å². The summed E-state index contributed by atoms with van der Waals surface area (Å²) in [6.07, 6.45) is 2.75. The fourth-order valence-electron chi connectivity index (χ4n) is 1.74. The van der Waals surface area contributed by atoms with E-state index < -0.39 is 11.8 Å². The number of furan rings is 1. The van der Waals surface area contributed by atoms with Crippen LogP contribution in [0.5, 0.6) is 0 Å². The highest BCUT2D eigenvalue weighted by atomic mass is 35.5. The number of hydrogen-bond acceptors (Lipinski definition) is 4. The van der Waals surface area contributed by atoms with E-state index in [0.717, 1.165) is 5.76 Å². The van der Waals surface area contributed by atoms with E-state index in [1.54, 1.807) is 19.1 Å². The van der Waals surface area contributed by atoms with Crippen molar-refractivity contribution >= 4 is 58.4 Å². The molecule has 0 unspecified atom stereocenters. The maximum Gasteiger partial charge on any atom is 0.271 e. The Morgan fingerprint density at radius 1 is 1.16 bits per heavy atom. The van der Waals surface area contributed by atoms with Crippen LogP contribution in [-0.2, 0) is 4.79 Å². The second-order valence-corrected chi connectivity index (χ2v) is 6.06. The monoisotopic (exact) mass is 397 g/mol. The van der Waals surface area contributed by atoms with Crippen molar-refractivity contribution in [1.29, 1.82) is 0 Å². The molecule has 0 bridgehead atoms. The summed E-state index contributed by atoms with van der Waals surface area (Å²) in [5.41, 5.74) is 4.94. The molecule has 9 heteroatoms. The molecule has 2 aromatic rings. The average molecular weight is 398 g/mol. The number of rotatable bonds is 3. The second kappa shape index (κ2) is 8.66. The van der Waals surface area contributed by atoms with Gasteiger partial charge in [-0.2, -0.15) is 0 Å². The van der Waals surface area contributed by atoms with Crippen LogP contribution in [0.1, 0.15) is 21.9 Å². The molecular formula is C16H13Cl2N3O3S. The third-order valence-corrected chi connectivity index (χ3v) is 3.61. The number of amides is 2. The number of hydrogen-bond donors (Lipinski definition) is 3. The minimum Gasteiger partial charge on any atom is -0.462 e. The highest BCUT2D eigenvalue weighted by molar-refractivity contribution is 7.80. The van der Waals surface area contributed by atoms with Crippen molar-refractivity contribution < 1.29 is 14.0 Å². The lowest BCUT2D eigenvalue weighted by atomic mass is 10.2. The maximum absolute atomic E-state index is 12.0. The van der Waals surface area contributed by atoms with E-state index >= 15 is 0 Å². The summed E-state index contributed by atoms with van der Waals surface area (Å²) in [7, 11) is 0. The number of hydrazine groups is 1. The zero-order valence-corrected chi connectivity index (χ0v) is 15.3. The van der Waals surface area contributed by atoms with Crippen LogP contribution in [0.3, 0.4) is 0 Å². The normalized spacial score (nSPS) is 10.5. The van der Waals surface area contributed by atoms with E-state index in [2.05, 4.69) is 16.2 Å². The average Bonchev–Trinajstić information content (AvgIpc) is 2.96. The largest absolute Gasteiger partial charge is 0.462 e. The molecule has 0 aliphatic rings. The fraction of sp³-hybridized carbons (Fsp3) is 0.0625. The summed E-state index contributed by atoms with van der Waals surface area (Å²) in [5.74, 6) is 0.267. The number of carbonyl (C=O) groups is 2. The highest BCUT2D eigenvalue weighted by Crippen LogP contribution is 2.20. The first-order chi connectivity index (χ1) is 11.8. The zero-order chi connectivity index (χ0) is 18.4. The van der Waals surface area contributed by atoms with Crippen molar-refractivity contribution in [1.82, 2.24) is 16.2 Å². The van der Waals surface area contributed by atoms with E-state index in [1.807, 2.05) is 0 Å². The molecule has 3 N–H and O–H groups in total. The molecule has 25 heavy (non-hydrogen) atoms. The lowest BCUT2D eigenvalue weighted by Crippen LogP contribution is -2.48. The Bertz CT molecular complexity index is 849. The molecule has 2 rings (SSSR count). The van der Waals surface area contributed by atoms with Gasteiger partial charge < -0.3 is 4.42 Å². The van der Waals surface area contributed by atoms with Crippen molar-refractivity contribution in [2.24, 2.45) is 0 Å². The molecule has 0 spiro atoms. The van der Waals surface area contributed by atoms with Crippen LogP contribution in [0.4, 0.5) is 0 Å². The van der Waals surface area contributed by atoms with E-state index in [-0.39, 0.29) is 15.7 Å². The van der Waals surface area contributed by atoms with Crippen molar-refractivity contribution in [2.75, 3.05) is 0 Å². The van der Waals surface area contributed by atoms with Gasteiger partial charge in [-0.15, -0.1) is 0 Å². The van der Waals surface area contributed by atoms with Crippen LogP contribution >= 0.6 is 35.4 Å². The number of thiocarbonyl (C=S) groups is 1. The highest BCUT2D eigenvalue weighted by Gasteiger charge is 2.11. The molecule has 1 aromatic heterocycles. The zero-order valence-electron chi connectivity index (χ0n) is 12.9. The SMILES string of the molecule is Cc1ccc(C=CC(=O)NC(=S)NNC(=O)c2ccc(Cl)cc2Cl)o1. The Kier molecular flexibility index (Phi) is 6.58. The number of halogens is 2. The molecule has 0 atom stereocenters. The molecule has 1 aromatic carbocycles. The van der Waals surface area contributed by atoms with Crippen molar-refractivity contribution in [3.63, 3.8) is 0 Å². The van der Waals surface area contributed by atoms with Gasteiger partial charge in [0.1, 0.15) is 11.5 Å². The third kappa shape index (κ3) is 5.90.